The minimum absolute atomic E-state index is 0.00262. The molecule has 3 heterocycles. The molecule has 45 heavy (non-hydrogen) atoms. The second kappa shape index (κ2) is 14.5. The van der Waals surface area contributed by atoms with Crippen LogP contribution in [0.5, 0.6) is 0 Å². The molecular weight excluding hydrogens is 601 g/mol. The number of likely N-dealkylation sites (N-methyl/N-ethyl adjacent to an activating group) is 1. The van der Waals surface area contributed by atoms with Crippen LogP contribution < -0.4 is 21.3 Å². The molecule has 12 nitrogen and oxygen atoms in total. The predicted molar refractivity (Wildman–Crippen MR) is 173 cm³/mol. The normalized spacial score (nSPS) is 16.4. The molecule has 2 aliphatic rings. The number of morpholine rings is 1. The zero-order chi connectivity index (χ0) is 32.1. The Labute approximate surface area is 267 Å². The molecule has 242 valence electrons. The van der Waals surface area contributed by atoms with Gasteiger partial charge in [0.25, 0.3) is 11.8 Å². The van der Waals surface area contributed by atoms with Crippen molar-refractivity contribution in [3.05, 3.63) is 57.6 Å². The lowest BCUT2D eigenvalue weighted by Gasteiger charge is -2.27. The number of nitrogen functional groups attached to an aromatic ring is 1. The van der Waals surface area contributed by atoms with E-state index in [0.29, 0.717) is 23.5 Å². The average Bonchev–Trinajstić information content (AvgIpc) is 3.43. The molecule has 0 aliphatic carbocycles. The maximum Gasteiger partial charge on any atom is 0.273 e. The van der Waals surface area contributed by atoms with Gasteiger partial charge >= 0.3 is 0 Å². The second-order valence-electron chi connectivity index (χ2n) is 11.6. The van der Waals surface area contributed by atoms with Crippen molar-refractivity contribution in [2.24, 2.45) is 0 Å². The zero-order valence-electron chi connectivity index (χ0n) is 26.0. The number of benzene rings is 2. The Morgan fingerprint density at radius 2 is 1.80 bits per heavy atom. The number of carbonyl (C=O) groups is 2. The summed E-state index contributed by atoms with van der Waals surface area (Å²) in [6.07, 6.45) is 3.35. The fourth-order valence-corrected chi connectivity index (χ4v) is 5.92. The Kier molecular flexibility index (Phi) is 10.5. The number of nitrogens with zero attached hydrogens (tertiary/aromatic N) is 6. The van der Waals surface area contributed by atoms with Crippen molar-refractivity contribution in [2.75, 3.05) is 88.6 Å². The molecule has 4 N–H and O–H groups in total. The summed E-state index contributed by atoms with van der Waals surface area (Å²) in [6.45, 7) is 11.5. The summed E-state index contributed by atoms with van der Waals surface area (Å²) in [5.74, 6) is -1.47. The smallest absolute Gasteiger partial charge is 0.273 e. The summed E-state index contributed by atoms with van der Waals surface area (Å²) in [6, 6.07) is 5.09. The molecular formula is C31H41ClFN9O3. The lowest BCUT2D eigenvalue weighted by atomic mass is 10.1. The summed E-state index contributed by atoms with van der Waals surface area (Å²) in [5.41, 5.74) is 8.81. The van der Waals surface area contributed by atoms with Crippen LogP contribution in [0.4, 0.5) is 21.5 Å². The highest BCUT2D eigenvalue weighted by molar-refractivity contribution is 6.35. The fraction of sp³-hybridized carbons (Fsp3) is 0.484. The molecule has 0 radical (unpaired) electrons. The van der Waals surface area contributed by atoms with Gasteiger partial charge in [0, 0.05) is 50.4 Å². The van der Waals surface area contributed by atoms with Crippen molar-refractivity contribution in [1.29, 1.82) is 0 Å². The Bertz CT molecular complexity index is 1540. The maximum atomic E-state index is 14.4. The van der Waals surface area contributed by atoms with Crippen molar-refractivity contribution in [2.45, 2.75) is 26.7 Å². The first-order chi connectivity index (χ1) is 21.6. The highest BCUT2D eigenvalue weighted by Crippen LogP contribution is 2.36. The molecule has 2 aromatic carbocycles. The van der Waals surface area contributed by atoms with Crippen LogP contribution in [0.2, 0.25) is 5.02 Å². The molecule has 5 rings (SSSR count). The van der Waals surface area contributed by atoms with Crippen LogP contribution in [0.15, 0.2) is 24.4 Å². The summed E-state index contributed by atoms with van der Waals surface area (Å²) < 4.78 is 21.3. The van der Waals surface area contributed by atoms with Crippen LogP contribution in [0.25, 0.3) is 5.69 Å². The van der Waals surface area contributed by atoms with Gasteiger partial charge in [0.2, 0.25) is 0 Å². The molecule has 1 aromatic heterocycles. The first-order valence-electron chi connectivity index (χ1n) is 15.3. The lowest BCUT2D eigenvalue weighted by molar-refractivity contribution is 0.0374. The van der Waals surface area contributed by atoms with Crippen LogP contribution in [0.1, 0.15) is 44.8 Å². The van der Waals surface area contributed by atoms with Crippen LogP contribution in [-0.4, -0.2) is 109 Å². The second-order valence-corrected chi connectivity index (χ2v) is 12.0. The average molecular weight is 642 g/mol. The lowest BCUT2D eigenvalue weighted by Crippen LogP contribution is -2.38. The van der Waals surface area contributed by atoms with Gasteiger partial charge in [-0.05, 0) is 65.0 Å². The Hall–Kier alpha value is -3.78. The van der Waals surface area contributed by atoms with Gasteiger partial charge in [0.05, 0.1) is 52.7 Å². The van der Waals surface area contributed by atoms with Crippen molar-refractivity contribution >= 4 is 40.5 Å². The van der Waals surface area contributed by atoms with Crippen LogP contribution in [0.3, 0.4) is 0 Å². The van der Waals surface area contributed by atoms with Crippen LogP contribution >= 0.6 is 11.6 Å². The number of carbonyl (C=O) groups excluding carboxylic acids is 2. The van der Waals surface area contributed by atoms with E-state index in [1.165, 1.54) is 17.7 Å². The van der Waals surface area contributed by atoms with E-state index in [9.17, 15) is 14.0 Å². The molecule has 2 amide bonds. The number of nitrogens with two attached hydrogens (primary N) is 1. The molecule has 0 atom stereocenters. The standard InChI is InChI=1S/C31H41ClFN9O3/c1-20-25(42-19-24(37-38-42)31(44)35-8-4-10-40-14-16-45-17-15-40)6-7-26(41-11-5-9-39(3)12-13-41)29(20)36-30(43)22-18-23(34)28(33)21(2)27(22)32/h6-7,18-19H,4-5,8-17,34H2,1-3H3,(H,35,44)(H,36,43). The molecule has 14 heteroatoms. The number of hydrogen-bond acceptors (Lipinski definition) is 9. The van der Waals surface area contributed by atoms with Crippen molar-refractivity contribution < 1.29 is 18.7 Å². The largest absolute Gasteiger partial charge is 0.396 e. The molecule has 0 bridgehead atoms. The van der Waals surface area contributed by atoms with E-state index < -0.39 is 11.7 Å². The number of nitrogens with one attached hydrogen (secondary N) is 2. The van der Waals surface area contributed by atoms with Gasteiger partial charge in [0.1, 0.15) is 0 Å². The molecule has 0 spiro atoms. The summed E-state index contributed by atoms with van der Waals surface area (Å²) in [4.78, 5) is 33.3. The predicted octanol–water partition coefficient (Wildman–Crippen LogP) is 3.11. The van der Waals surface area contributed by atoms with Gasteiger partial charge in [-0.3, -0.25) is 14.5 Å². The molecule has 3 aromatic rings. The van der Waals surface area contributed by atoms with Crippen LogP contribution in [0, 0.1) is 19.7 Å². The monoisotopic (exact) mass is 641 g/mol. The third kappa shape index (κ3) is 7.55. The summed E-state index contributed by atoms with van der Waals surface area (Å²) >= 11 is 6.40. The zero-order valence-corrected chi connectivity index (χ0v) is 26.8. The molecule has 2 saturated heterocycles. The highest BCUT2D eigenvalue weighted by Gasteiger charge is 2.24. The van der Waals surface area contributed by atoms with Crippen molar-refractivity contribution in [3.8, 4) is 5.69 Å². The maximum absolute atomic E-state index is 14.4. The first-order valence-corrected chi connectivity index (χ1v) is 15.7. The molecule has 0 saturated carbocycles. The third-order valence-corrected chi connectivity index (χ3v) is 8.91. The van der Waals surface area contributed by atoms with Gasteiger partial charge in [-0.15, -0.1) is 5.10 Å². The van der Waals surface area contributed by atoms with Gasteiger partial charge in [0.15, 0.2) is 11.5 Å². The van der Waals surface area contributed by atoms with Gasteiger partial charge < -0.3 is 30.9 Å². The number of halogens is 2. The van der Waals surface area contributed by atoms with Crippen molar-refractivity contribution in [1.82, 2.24) is 30.1 Å². The number of aromatic nitrogens is 3. The Balaban J connectivity index is 1.38. The summed E-state index contributed by atoms with van der Waals surface area (Å²) in [7, 11) is 2.09. The first kappa shape index (κ1) is 32.6. The highest BCUT2D eigenvalue weighted by atomic mass is 35.5. The number of rotatable bonds is 9. The Morgan fingerprint density at radius 1 is 1.04 bits per heavy atom. The van der Waals surface area contributed by atoms with Gasteiger partial charge in [-0.1, -0.05) is 16.8 Å². The van der Waals surface area contributed by atoms with E-state index in [1.54, 1.807) is 6.20 Å². The minimum Gasteiger partial charge on any atom is -0.396 e. The quantitative estimate of drug-likeness (QED) is 0.238. The fourth-order valence-electron chi connectivity index (χ4n) is 5.69. The number of hydrogen-bond donors (Lipinski definition) is 3. The molecule has 0 unspecified atom stereocenters. The van der Waals surface area contributed by atoms with E-state index in [1.807, 2.05) is 19.1 Å². The van der Waals surface area contributed by atoms with E-state index >= 15 is 0 Å². The SMILES string of the molecule is Cc1c(F)c(N)cc(C(=O)Nc2c(N3CCCN(C)CC3)ccc(-n3cc(C(=O)NCCCN4CCOCC4)nn3)c2C)c1Cl. The third-order valence-electron chi connectivity index (χ3n) is 8.42. The molecule has 2 aliphatic heterocycles. The topological polar surface area (TPSA) is 134 Å². The van der Waals surface area contributed by atoms with E-state index in [0.717, 1.165) is 77.6 Å². The van der Waals surface area contributed by atoms with Gasteiger partial charge in [-0.2, -0.15) is 0 Å². The summed E-state index contributed by atoms with van der Waals surface area (Å²) in [5, 5.41) is 14.3. The van der Waals surface area contributed by atoms with Crippen molar-refractivity contribution in [3.63, 3.8) is 0 Å². The van der Waals surface area contributed by atoms with Crippen LogP contribution in [-0.2, 0) is 4.74 Å². The minimum atomic E-state index is -0.646. The van der Waals surface area contributed by atoms with E-state index in [4.69, 9.17) is 22.1 Å². The van der Waals surface area contributed by atoms with E-state index in [-0.39, 0.29) is 33.4 Å². The van der Waals surface area contributed by atoms with Gasteiger partial charge in [-0.25, -0.2) is 9.07 Å². The number of anilines is 3. The number of amides is 2. The van der Waals surface area contributed by atoms with E-state index in [2.05, 4.69) is 42.7 Å². The number of ether oxygens (including phenoxy) is 1. The Morgan fingerprint density at radius 3 is 2.58 bits per heavy atom. The molecule has 2 fully saturated rings.